The third-order valence-electron chi connectivity index (χ3n) is 6.42. The molecule has 2 amide bonds. The van der Waals surface area contributed by atoms with Crippen molar-refractivity contribution in [2.24, 2.45) is 0 Å². The Morgan fingerprint density at radius 2 is 1.84 bits per heavy atom. The first-order valence-electron chi connectivity index (χ1n) is 8.73. The number of fused-ring (bicyclic) bond motifs is 2. The number of hydrogen-bond donors (Lipinski definition) is 1. The Labute approximate surface area is 145 Å². The van der Waals surface area contributed by atoms with E-state index in [1.807, 2.05) is 12.1 Å². The summed E-state index contributed by atoms with van der Waals surface area (Å²) >= 11 is 0. The van der Waals surface area contributed by atoms with Crippen molar-refractivity contribution in [1.29, 1.82) is 0 Å². The van der Waals surface area contributed by atoms with Crippen LogP contribution in [0, 0.1) is 0 Å². The Kier molecular flexibility index (Phi) is 3.50. The summed E-state index contributed by atoms with van der Waals surface area (Å²) < 4.78 is 37.9. The Morgan fingerprint density at radius 3 is 2.52 bits per heavy atom. The van der Waals surface area contributed by atoms with Crippen molar-refractivity contribution in [2.75, 3.05) is 25.0 Å². The molecule has 0 radical (unpaired) electrons. The molecule has 2 heterocycles. The minimum atomic E-state index is -4.24. The second-order valence-corrected chi connectivity index (χ2v) is 7.51. The molecule has 0 atom stereocenters. The summed E-state index contributed by atoms with van der Waals surface area (Å²) in [5, 5.41) is 2.77. The van der Waals surface area contributed by atoms with Crippen molar-refractivity contribution in [3.8, 4) is 0 Å². The van der Waals surface area contributed by atoms with E-state index in [1.54, 1.807) is 0 Å². The summed E-state index contributed by atoms with van der Waals surface area (Å²) in [6.07, 6.45) is -2.02. The molecule has 1 aliphatic carbocycles. The highest BCUT2D eigenvalue weighted by Crippen LogP contribution is 2.57. The molecule has 25 heavy (non-hydrogen) atoms. The summed E-state index contributed by atoms with van der Waals surface area (Å²) in [4.78, 5) is 15.8. The Hall–Kier alpha value is -1.92. The van der Waals surface area contributed by atoms with Gasteiger partial charge in [-0.05, 0) is 31.7 Å². The lowest BCUT2D eigenvalue weighted by Gasteiger charge is -2.59. The summed E-state index contributed by atoms with van der Waals surface area (Å²) in [6, 6.07) is 7.94. The fourth-order valence-electron chi connectivity index (χ4n) is 4.92. The molecule has 1 saturated carbocycles. The van der Waals surface area contributed by atoms with Crippen molar-refractivity contribution in [3.05, 3.63) is 29.8 Å². The van der Waals surface area contributed by atoms with E-state index in [0.717, 1.165) is 25.7 Å². The number of nitrogens with zero attached hydrogens (tertiary/aromatic N) is 2. The number of benzene rings is 1. The van der Waals surface area contributed by atoms with Crippen LogP contribution in [0.3, 0.4) is 0 Å². The van der Waals surface area contributed by atoms with Gasteiger partial charge in [-0.15, -0.1) is 0 Å². The summed E-state index contributed by atoms with van der Waals surface area (Å²) in [5.74, 6) is 0. The molecule has 1 N–H and O–H groups in total. The summed E-state index contributed by atoms with van der Waals surface area (Å²) in [6.45, 7) is 0.194. The van der Waals surface area contributed by atoms with E-state index in [-0.39, 0.29) is 18.1 Å². The van der Waals surface area contributed by atoms with Gasteiger partial charge in [-0.1, -0.05) is 18.2 Å². The molecule has 4 rings (SSSR count). The van der Waals surface area contributed by atoms with E-state index in [1.165, 1.54) is 16.2 Å². The molecular weight excluding hydrogens is 331 g/mol. The zero-order valence-electron chi connectivity index (χ0n) is 14.2. The highest BCUT2D eigenvalue weighted by Gasteiger charge is 2.56. The maximum Gasteiger partial charge on any atom is 0.390 e. The molecule has 2 fully saturated rings. The standard InChI is InChI=1S/C18H22F3N3O/c1-23-14-5-3-2-4-13(14)17(23)8-6-16(7-9-17)12-22-15(25)24(16)11-10-18(19,20)21/h2-5H,6-12H2,1H3,(H,22,25). The average molecular weight is 353 g/mol. The number of carbonyl (C=O) groups is 1. The smallest absolute Gasteiger partial charge is 0.364 e. The van der Waals surface area contributed by atoms with Gasteiger partial charge in [-0.25, -0.2) is 4.79 Å². The van der Waals surface area contributed by atoms with Crippen molar-refractivity contribution >= 4 is 11.7 Å². The monoisotopic (exact) mass is 353 g/mol. The molecule has 4 nitrogen and oxygen atoms in total. The van der Waals surface area contributed by atoms with Crippen LogP contribution in [0.4, 0.5) is 23.7 Å². The van der Waals surface area contributed by atoms with Gasteiger partial charge in [0.25, 0.3) is 0 Å². The number of halogens is 3. The van der Waals surface area contributed by atoms with Gasteiger partial charge >= 0.3 is 12.2 Å². The predicted molar refractivity (Wildman–Crippen MR) is 88.5 cm³/mol. The normalized spacial score (nSPS) is 31.3. The largest absolute Gasteiger partial charge is 0.390 e. The Bertz CT molecular complexity index is 695. The van der Waals surface area contributed by atoms with Crippen LogP contribution in [-0.2, 0) is 5.54 Å². The highest BCUT2D eigenvalue weighted by molar-refractivity contribution is 5.78. The van der Waals surface area contributed by atoms with Crippen LogP contribution in [0.5, 0.6) is 0 Å². The molecular formula is C18H22F3N3O. The number of rotatable bonds is 2. The highest BCUT2D eigenvalue weighted by atomic mass is 19.4. The molecule has 136 valence electrons. The van der Waals surface area contributed by atoms with Crippen molar-refractivity contribution < 1.29 is 18.0 Å². The fourth-order valence-corrected chi connectivity index (χ4v) is 4.92. The van der Waals surface area contributed by atoms with Crippen LogP contribution in [0.2, 0.25) is 0 Å². The van der Waals surface area contributed by atoms with E-state index >= 15 is 0 Å². The van der Waals surface area contributed by atoms with Crippen LogP contribution >= 0.6 is 0 Å². The molecule has 3 aliphatic rings. The van der Waals surface area contributed by atoms with Gasteiger partial charge in [0.2, 0.25) is 0 Å². The van der Waals surface area contributed by atoms with E-state index < -0.39 is 18.1 Å². The number of urea groups is 1. The van der Waals surface area contributed by atoms with Crippen LogP contribution < -0.4 is 10.2 Å². The van der Waals surface area contributed by atoms with Crippen LogP contribution in [0.15, 0.2) is 24.3 Å². The third-order valence-corrected chi connectivity index (χ3v) is 6.42. The topological polar surface area (TPSA) is 35.6 Å². The van der Waals surface area contributed by atoms with Gasteiger partial charge in [0.1, 0.15) is 0 Å². The first-order chi connectivity index (χ1) is 11.8. The lowest BCUT2D eigenvalue weighted by atomic mass is 9.64. The summed E-state index contributed by atoms with van der Waals surface area (Å²) in [5.41, 5.74) is 2.06. The quantitative estimate of drug-likeness (QED) is 0.881. The molecule has 1 saturated heterocycles. The number of alkyl halides is 3. The number of carbonyl (C=O) groups excluding carboxylic acids is 1. The SMILES string of the molecule is CN1c2ccccc2C12CCC1(CC2)CNC(=O)N1CCC(F)(F)F. The van der Waals surface area contributed by atoms with Crippen molar-refractivity contribution in [2.45, 2.75) is 49.4 Å². The molecule has 7 heteroatoms. The number of nitrogens with one attached hydrogen (secondary N) is 1. The van der Waals surface area contributed by atoms with Gasteiger partial charge in [0, 0.05) is 31.4 Å². The van der Waals surface area contributed by atoms with E-state index in [4.69, 9.17) is 0 Å². The van der Waals surface area contributed by atoms with Gasteiger partial charge in [0.05, 0.1) is 17.5 Å². The zero-order valence-corrected chi connectivity index (χ0v) is 14.2. The first-order valence-corrected chi connectivity index (χ1v) is 8.73. The lowest BCUT2D eigenvalue weighted by molar-refractivity contribution is -0.138. The molecule has 2 spiro atoms. The van der Waals surface area contributed by atoms with Crippen molar-refractivity contribution in [3.63, 3.8) is 0 Å². The lowest BCUT2D eigenvalue weighted by Crippen LogP contribution is -2.60. The van der Waals surface area contributed by atoms with Gasteiger partial charge in [0.15, 0.2) is 0 Å². The maximum absolute atomic E-state index is 12.6. The van der Waals surface area contributed by atoms with E-state index in [2.05, 4.69) is 29.4 Å². The minimum absolute atomic E-state index is 0.0246. The van der Waals surface area contributed by atoms with Gasteiger partial charge < -0.3 is 15.1 Å². The molecule has 1 aromatic rings. The second kappa shape index (κ2) is 5.29. The molecule has 2 aliphatic heterocycles. The Balaban J connectivity index is 1.52. The minimum Gasteiger partial charge on any atom is -0.364 e. The molecule has 0 aromatic heterocycles. The number of hydrogen-bond acceptors (Lipinski definition) is 2. The van der Waals surface area contributed by atoms with E-state index in [0.29, 0.717) is 6.54 Å². The first kappa shape index (κ1) is 16.5. The molecule has 1 aromatic carbocycles. The van der Waals surface area contributed by atoms with Gasteiger partial charge in [-0.2, -0.15) is 13.2 Å². The molecule has 0 bridgehead atoms. The van der Waals surface area contributed by atoms with Crippen LogP contribution in [-0.4, -0.2) is 42.8 Å². The zero-order chi connectivity index (χ0) is 17.9. The average Bonchev–Trinajstić information content (AvgIpc) is 2.88. The fraction of sp³-hybridized carbons (Fsp3) is 0.611. The van der Waals surface area contributed by atoms with Gasteiger partial charge in [-0.3, -0.25) is 0 Å². The van der Waals surface area contributed by atoms with Crippen molar-refractivity contribution in [1.82, 2.24) is 10.2 Å². The second-order valence-electron chi connectivity index (χ2n) is 7.51. The Morgan fingerprint density at radius 1 is 1.16 bits per heavy atom. The van der Waals surface area contributed by atoms with E-state index in [9.17, 15) is 18.0 Å². The summed E-state index contributed by atoms with van der Waals surface area (Å²) in [7, 11) is 2.08. The number of anilines is 1. The number of amides is 2. The molecule has 0 unspecified atom stereocenters. The van der Waals surface area contributed by atoms with Crippen LogP contribution in [0.1, 0.15) is 37.7 Å². The number of para-hydroxylation sites is 1. The maximum atomic E-state index is 12.6. The predicted octanol–water partition coefficient (Wildman–Crippen LogP) is 3.62. The van der Waals surface area contributed by atoms with Crippen LogP contribution in [0.25, 0.3) is 0 Å². The third kappa shape index (κ3) is 2.39.